The van der Waals surface area contributed by atoms with Crippen LogP contribution in [0.15, 0.2) is 50.7 Å². The van der Waals surface area contributed by atoms with Crippen molar-refractivity contribution in [2.24, 2.45) is 5.16 Å². The van der Waals surface area contributed by atoms with Crippen molar-refractivity contribution in [3.63, 3.8) is 0 Å². The third-order valence-electron chi connectivity index (χ3n) is 2.97. The summed E-state index contributed by atoms with van der Waals surface area (Å²) in [4.78, 5) is 29.0. The van der Waals surface area contributed by atoms with Gasteiger partial charge in [0.1, 0.15) is 27.5 Å². The van der Waals surface area contributed by atoms with Crippen LogP contribution in [0.2, 0.25) is 0 Å². The molecule has 3 heterocycles. The normalized spacial score (nSPS) is 10.9. The number of rotatable bonds is 5. The van der Waals surface area contributed by atoms with Crippen molar-refractivity contribution in [2.75, 3.05) is 7.11 Å². The minimum Gasteiger partial charge on any atom is -0.465 e. The number of furan rings is 1. The van der Waals surface area contributed by atoms with Crippen LogP contribution < -0.4 is 0 Å². The summed E-state index contributed by atoms with van der Waals surface area (Å²) < 4.78 is 10.3. The molecule has 0 N–H and O–H groups in total. The third-order valence-corrected chi connectivity index (χ3v) is 4.71. The SMILES string of the molecule is COC(=O)c1sccc1-c1ccc(/C=N/OC(=O)c2cccs2)o1. The van der Waals surface area contributed by atoms with Crippen molar-refractivity contribution in [3.8, 4) is 11.3 Å². The highest BCUT2D eigenvalue weighted by Crippen LogP contribution is 2.30. The molecule has 0 aromatic carbocycles. The van der Waals surface area contributed by atoms with Gasteiger partial charge in [-0.05, 0) is 35.0 Å². The van der Waals surface area contributed by atoms with Crippen molar-refractivity contribution in [3.05, 3.63) is 56.6 Å². The number of methoxy groups -OCH3 is 1. The Morgan fingerprint density at radius 2 is 2.00 bits per heavy atom. The lowest BCUT2D eigenvalue weighted by Crippen LogP contribution is -1.99. The highest BCUT2D eigenvalue weighted by molar-refractivity contribution is 7.12. The number of thiophene rings is 2. The van der Waals surface area contributed by atoms with Crippen molar-refractivity contribution in [1.29, 1.82) is 0 Å². The van der Waals surface area contributed by atoms with Gasteiger partial charge in [0.25, 0.3) is 0 Å². The first-order valence-electron chi connectivity index (χ1n) is 6.73. The van der Waals surface area contributed by atoms with E-state index in [2.05, 4.69) is 5.16 Å². The molecule has 24 heavy (non-hydrogen) atoms. The molecule has 0 amide bonds. The van der Waals surface area contributed by atoms with E-state index in [1.165, 1.54) is 36.0 Å². The molecule has 0 unspecified atom stereocenters. The third kappa shape index (κ3) is 3.44. The Hall–Kier alpha value is -2.71. The quantitative estimate of drug-likeness (QED) is 0.296. The summed E-state index contributed by atoms with van der Waals surface area (Å²) in [5.41, 5.74) is 0.641. The van der Waals surface area contributed by atoms with E-state index >= 15 is 0 Å². The molecule has 0 bridgehead atoms. The molecule has 3 aromatic heterocycles. The van der Waals surface area contributed by atoms with Gasteiger partial charge >= 0.3 is 11.9 Å². The minimum atomic E-state index is -0.529. The van der Waals surface area contributed by atoms with E-state index in [-0.39, 0.29) is 0 Å². The molecule has 0 aliphatic rings. The molecule has 0 aliphatic heterocycles. The summed E-state index contributed by atoms with van der Waals surface area (Å²) in [5, 5.41) is 7.17. The molecule has 6 nitrogen and oxygen atoms in total. The molecule has 0 atom stereocenters. The van der Waals surface area contributed by atoms with E-state index in [4.69, 9.17) is 14.0 Å². The van der Waals surface area contributed by atoms with Gasteiger partial charge in [-0.25, -0.2) is 9.59 Å². The predicted molar refractivity (Wildman–Crippen MR) is 90.7 cm³/mol. The van der Waals surface area contributed by atoms with Crippen LogP contribution in [0, 0.1) is 0 Å². The Labute approximate surface area is 144 Å². The Balaban J connectivity index is 1.70. The van der Waals surface area contributed by atoms with Gasteiger partial charge < -0.3 is 14.0 Å². The molecule has 3 aromatic rings. The lowest BCUT2D eigenvalue weighted by atomic mass is 10.2. The summed E-state index contributed by atoms with van der Waals surface area (Å²) in [6.45, 7) is 0. The van der Waals surface area contributed by atoms with Crippen molar-refractivity contribution < 1.29 is 23.6 Å². The van der Waals surface area contributed by atoms with Gasteiger partial charge in [-0.1, -0.05) is 11.2 Å². The highest BCUT2D eigenvalue weighted by atomic mass is 32.1. The zero-order valence-corrected chi connectivity index (χ0v) is 14.1. The van der Waals surface area contributed by atoms with E-state index in [1.54, 1.807) is 41.1 Å². The smallest absolute Gasteiger partial charge is 0.375 e. The van der Waals surface area contributed by atoms with Crippen LogP contribution in [0.5, 0.6) is 0 Å². The average molecular weight is 361 g/mol. The van der Waals surface area contributed by atoms with Gasteiger partial charge in [-0.2, -0.15) is 0 Å². The van der Waals surface area contributed by atoms with Crippen LogP contribution in [0.3, 0.4) is 0 Å². The Morgan fingerprint density at radius 1 is 1.12 bits per heavy atom. The van der Waals surface area contributed by atoms with Gasteiger partial charge in [0.15, 0.2) is 0 Å². The molecule has 3 rings (SSSR count). The van der Waals surface area contributed by atoms with Crippen LogP contribution in [-0.2, 0) is 9.57 Å². The molecule has 0 aliphatic carbocycles. The number of hydrogen-bond acceptors (Lipinski definition) is 8. The summed E-state index contributed by atoms with van der Waals surface area (Å²) in [5.74, 6) is -0.0518. The topological polar surface area (TPSA) is 78.1 Å². The van der Waals surface area contributed by atoms with E-state index < -0.39 is 11.9 Å². The predicted octanol–water partition coefficient (Wildman–Crippen LogP) is 4.05. The second-order valence-corrected chi connectivity index (χ2v) is 6.31. The fraction of sp³-hybridized carbons (Fsp3) is 0.0625. The fourth-order valence-corrected chi connectivity index (χ4v) is 3.30. The van der Waals surface area contributed by atoms with E-state index in [0.29, 0.717) is 26.8 Å². The second kappa shape index (κ2) is 7.24. The van der Waals surface area contributed by atoms with E-state index in [9.17, 15) is 9.59 Å². The molecule has 122 valence electrons. The summed E-state index contributed by atoms with van der Waals surface area (Å²) in [7, 11) is 1.33. The monoisotopic (exact) mass is 361 g/mol. The number of nitrogens with zero attached hydrogens (tertiary/aromatic N) is 1. The van der Waals surface area contributed by atoms with Crippen molar-refractivity contribution in [2.45, 2.75) is 0 Å². The Morgan fingerprint density at radius 3 is 2.75 bits per heavy atom. The number of hydrogen-bond donors (Lipinski definition) is 0. The van der Waals surface area contributed by atoms with Gasteiger partial charge in [-0.15, -0.1) is 22.7 Å². The number of oxime groups is 1. The summed E-state index contributed by atoms with van der Waals surface area (Å²) >= 11 is 2.54. The molecule has 0 saturated carbocycles. The largest absolute Gasteiger partial charge is 0.465 e. The highest BCUT2D eigenvalue weighted by Gasteiger charge is 2.17. The lowest BCUT2D eigenvalue weighted by molar-refractivity contribution is 0.0523. The van der Waals surface area contributed by atoms with Crippen LogP contribution in [0.25, 0.3) is 11.3 Å². The van der Waals surface area contributed by atoms with Crippen molar-refractivity contribution in [1.82, 2.24) is 0 Å². The lowest BCUT2D eigenvalue weighted by Gasteiger charge is -1.98. The van der Waals surface area contributed by atoms with Gasteiger partial charge in [0.05, 0.1) is 7.11 Å². The van der Waals surface area contributed by atoms with Crippen LogP contribution in [-0.4, -0.2) is 25.3 Å². The number of carbonyl (C=O) groups excluding carboxylic acids is 2. The number of carbonyl (C=O) groups is 2. The van der Waals surface area contributed by atoms with Crippen LogP contribution >= 0.6 is 22.7 Å². The van der Waals surface area contributed by atoms with Crippen molar-refractivity contribution >= 4 is 40.8 Å². The average Bonchev–Trinajstić information content (AvgIpc) is 3.32. The van der Waals surface area contributed by atoms with E-state index in [1.807, 2.05) is 0 Å². The minimum absolute atomic E-state index is 0.394. The molecule has 0 fully saturated rings. The maximum atomic E-state index is 11.7. The standard InChI is InChI=1S/C16H11NO5S2/c1-20-16(19)14-11(6-8-24-14)12-5-4-10(21-12)9-17-22-15(18)13-3-2-7-23-13/h2-9H,1H3/b17-9+. The summed E-state index contributed by atoms with van der Waals surface area (Å²) in [6.07, 6.45) is 1.29. The second-order valence-electron chi connectivity index (χ2n) is 4.45. The maximum Gasteiger partial charge on any atom is 0.375 e. The zero-order valence-electron chi connectivity index (χ0n) is 12.4. The Bertz CT molecular complexity index is 876. The Kier molecular flexibility index (Phi) is 4.88. The van der Waals surface area contributed by atoms with Crippen LogP contribution in [0.1, 0.15) is 25.1 Å². The van der Waals surface area contributed by atoms with Gasteiger partial charge in [-0.3, -0.25) is 0 Å². The first kappa shape index (κ1) is 16.2. The molecule has 0 radical (unpaired) electrons. The fourth-order valence-electron chi connectivity index (χ4n) is 1.89. The van der Waals surface area contributed by atoms with Crippen LogP contribution in [0.4, 0.5) is 0 Å². The maximum absolute atomic E-state index is 11.7. The first-order valence-corrected chi connectivity index (χ1v) is 8.49. The summed E-state index contributed by atoms with van der Waals surface area (Å²) in [6, 6.07) is 8.54. The molecular formula is C16H11NO5S2. The zero-order chi connectivity index (χ0) is 16.9. The first-order chi connectivity index (χ1) is 11.7. The number of ether oxygens (including phenoxy) is 1. The van der Waals surface area contributed by atoms with Gasteiger partial charge in [0.2, 0.25) is 0 Å². The van der Waals surface area contributed by atoms with E-state index in [0.717, 1.165) is 0 Å². The molecule has 0 spiro atoms. The molecule has 0 saturated heterocycles. The number of esters is 1. The van der Waals surface area contributed by atoms with Gasteiger partial charge in [0, 0.05) is 5.56 Å². The molecule has 8 heteroatoms. The molecular weight excluding hydrogens is 350 g/mol.